The summed E-state index contributed by atoms with van der Waals surface area (Å²) in [7, 11) is 0. The number of nitrogens with zero attached hydrogens (tertiary/aromatic N) is 2. The van der Waals surface area contributed by atoms with Crippen LogP contribution in [0.15, 0.2) is 59.2 Å². The van der Waals surface area contributed by atoms with E-state index in [9.17, 15) is 4.79 Å². The zero-order chi connectivity index (χ0) is 17.8. The first kappa shape index (κ1) is 17.4. The molecule has 1 heterocycles. The van der Waals surface area contributed by atoms with Gasteiger partial charge in [0.25, 0.3) is 0 Å². The van der Waals surface area contributed by atoms with E-state index in [2.05, 4.69) is 52.3 Å². The smallest absolute Gasteiger partial charge is 0.229 e. The van der Waals surface area contributed by atoms with E-state index in [1.165, 1.54) is 11.1 Å². The fourth-order valence-corrected chi connectivity index (χ4v) is 3.05. The molecule has 4 nitrogen and oxygen atoms in total. The Balaban J connectivity index is 1.69. The Hall–Kier alpha value is -2.40. The average molecular weight is 398 g/mol. The third-order valence-electron chi connectivity index (χ3n) is 4.20. The maximum absolute atomic E-state index is 12.4. The molecule has 25 heavy (non-hydrogen) atoms. The summed E-state index contributed by atoms with van der Waals surface area (Å²) in [4.78, 5) is 12.4. The van der Waals surface area contributed by atoms with Crippen LogP contribution < -0.4 is 5.32 Å². The van der Waals surface area contributed by atoms with E-state index >= 15 is 0 Å². The zero-order valence-corrected chi connectivity index (χ0v) is 15.9. The van der Waals surface area contributed by atoms with Crippen LogP contribution in [-0.2, 0) is 17.8 Å². The molecule has 0 aliphatic carbocycles. The van der Waals surface area contributed by atoms with Crippen LogP contribution in [-0.4, -0.2) is 15.7 Å². The molecule has 0 spiro atoms. The fourth-order valence-electron chi connectivity index (χ4n) is 2.64. The molecular weight excluding hydrogens is 378 g/mol. The number of rotatable bonds is 5. The number of amides is 1. The molecule has 1 amide bonds. The lowest BCUT2D eigenvalue weighted by atomic mass is 10.0. The van der Waals surface area contributed by atoms with Gasteiger partial charge in [0.1, 0.15) is 5.82 Å². The van der Waals surface area contributed by atoms with Gasteiger partial charge in [0.15, 0.2) is 0 Å². The predicted octanol–water partition coefficient (Wildman–Crippen LogP) is 4.49. The van der Waals surface area contributed by atoms with Crippen LogP contribution >= 0.6 is 15.9 Å². The molecule has 0 unspecified atom stereocenters. The van der Waals surface area contributed by atoms with Crippen LogP contribution in [0.3, 0.4) is 0 Å². The van der Waals surface area contributed by atoms with Crippen molar-refractivity contribution in [1.82, 2.24) is 9.78 Å². The molecule has 0 aliphatic heterocycles. The van der Waals surface area contributed by atoms with Gasteiger partial charge >= 0.3 is 0 Å². The van der Waals surface area contributed by atoms with Crippen molar-refractivity contribution < 1.29 is 4.79 Å². The molecular formula is C20H20BrN3O. The van der Waals surface area contributed by atoms with E-state index in [-0.39, 0.29) is 5.91 Å². The van der Waals surface area contributed by atoms with Crippen LogP contribution in [0, 0.1) is 13.8 Å². The largest absolute Gasteiger partial charge is 0.311 e. The second-order valence-electron chi connectivity index (χ2n) is 6.11. The number of hydrogen-bond acceptors (Lipinski definition) is 2. The van der Waals surface area contributed by atoms with E-state index < -0.39 is 0 Å². The highest BCUT2D eigenvalue weighted by Gasteiger charge is 2.10. The highest BCUT2D eigenvalue weighted by molar-refractivity contribution is 9.10. The van der Waals surface area contributed by atoms with E-state index in [1.807, 2.05) is 36.4 Å². The topological polar surface area (TPSA) is 46.9 Å². The van der Waals surface area contributed by atoms with Gasteiger partial charge in [-0.1, -0.05) is 52.3 Å². The van der Waals surface area contributed by atoms with Gasteiger partial charge in [-0.25, -0.2) is 4.68 Å². The van der Waals surface area contributed by atoms with Crippen molar-refractivity contribution in [2.75, 3.05) is 5.32 Å². The third kappa shape index (κ3) is 4.37. The molecule has 0 aliphatic rings. The van der Waals surface area contributed by atoms with Gasteiger partial charge in [-0.15, -0.1) is 0 Å². The van der Waals surface area contributed by atoms with Crippen LogP contribution in [0.4, 0.5) is 5.82 Å². The van der Waals surface area contributed by atoms with Gasteiger partial charge in [0, 0.05) is 10.5 Å². The van der Waals surface area contributed by atoms with Gasteiger partial charge in [-0.2, -0.15) is 5.10 Å². The first-order valence-corrected chi connectivity index (χ1v) is 8.93. The average Bonchev–Trinajstić information content (AvgIpc) is 3.00. The van der Waals surface area contributed by atoms with E-state index in [0.29, 0.717) is 18.8 Å². The normalized spacial score (nSPS) is 10.7. The summed E-state index contributed by atoms with van der Waals surface area (Å²) in [5.74, 6) is 0.654. The highest BCUT2D eigenvalue weighted by Crippen LogP contribution is 2.19. The van der Waals surface area contributed by atoms with E-state index in [1.54, 1.807) is 10.9 Å². The molecule has 3 rings (SSSR count). The molecule has 1 N–H and O–H groups in total. The minimum Gasteiger partial charge on any atom is -0.311 e. The van der Waals surface area contributed by atoms with Crippen molar-refractivity contribution in [3.63, 3.8) is 0 Å². The zero-order valence-electron chi connectivity index (χ0n) is 14.3. The molecule has 1 aromatic heterocycles. The first-order valence-electron chi connectivity index (χ1n) is 8.14. The van der Waals surface area contributed by atoms with Gasteiger partial charge in [-0.3, -0.25) is 4.79 Å². The van der Waals surface area contributed by atoms with Gasteiger partial charge in [0.2, 0.25) is 5.91 Å². The monoisotopic (exact) mass is 397 g/mol. The van der Waals surface area contributed by atoms with Crippen molar-refractivity contribution in [3.05, 3.63) is 81.5 Å². The number of carbonyl (C=O) groups excluding carboxylic acids is 1. The molecule has 0 saturated heterocycles. The SMILES string of the molecule is Cc1ccc(CC(=O)Nc2ccnn2Cc2ccccc2Br)cc1C. The Kier molecular flexibility index (Phi) is 5.34. The highest BCUT2D eigenvalue weighted by atomic mass is 79.9. The van der Waals surface area contributed by atoms with Crippen molar-refractivity contribution in [1.29, 1.82) is 0 Å². The van der Waals surface area contributed by atoms with Gasteiger partial charge in [-0.05, 0) is 42.2 Å². The Labute approximate surface area is 156 Å². The molecule has 0 saturated carbocycles. The number of halogens is 1. The second kappa shape index (κ2) is 7.66. The summed E-state index contributed by atoms with van der Waals surface area (Å²) in [5, 5.41) is 7.28. The molecule has 0 atom stereocenters. The van der Waals surface area contributed by atoms with E-state index in [0.717, 1.165) is 15.6 Å². The maximum Gasteiger partial charge on any atom is 0.229 e. The van der Waals surface area contributed by atoms with Crippen molar-refractivity contribution in [3.8, 4) is 0 Å². The lowest BCUT2D eigenvalue weighted by molar-refractivity contribution is -0.115. The molecule has 128 valence electrons. The van der Waals surface area contributed by atoms with Crippen LogP contribution in [0.5, 0.6) is 0 Å². The number of anilines is 1. The molecule has 0 radical (unpaired) electrons. The third-order valence-corrected chi connectivity index (χ3v) is 4.97. The Morgan fingerprint density at radius 1 is 1.12 bits per heavy atom. The quantitative estimate of drug-likeness (QED) is 0.688. The van der Waals surface area contributed by atoms with Crippen LogP contribution in [0.25, 0.3) is 0 Å². The summed E-state index contributed by atoms with van der Waals surface area (Å²) in [5.41, 5.74) is 4.55. The summed E-state index contributed by atoms with van der Waals surface area (Å²) >= 11 is 3.55. The fraction of sp³-hybridized carbons (Fsp3) is 0.200. The molecule has 3 aromatic rings. The number of carbonyl (C=O) groups is 1. The predicted molar refractivity (Wildman–Crippen MR) is 104 cm³/mol. The van der Waals surface area contributed by atoms with Crippen molar-refractivity contribution in [2.45, 2.75) is 26.8 Å². The standard InChI is InChI=1S/C20H20BrN3O/c1-14-7-8-16(11-15(14)2)12-20(25)23-19-9-10-22-24(19)13-17-5-3-4-6-18(17)21/h3-11H,12-13H2,1-2H3,(H,23,25). The summed E-state index contributed by atoms with van der Waals surface area (Å²) in [6.07, 6.45) is 2.05. The van der Waals surface area contributed by atoms with Crippen molar-refractivity contribution in [2.24, 2.45) is 0 Å². The molecule has 5 heteroatoms. The summed E-state index contributed by atoms with van der Waals surface area (Å²) in [6, 6.07) is 15.9. The number of nitrogens with one attached hydrogen (secondary N) is 1. The molecule has 2 aromatic carbocycles. The van der Waals surface area contributed by atoms with Crippen LogP contribution in [0.2, 0.25) is 0 Å². The summed E-state index contributed by atoms with van der Waals surface area (Å²) in [6.45, 7) is 4.72. The Morgan fingerprint density at radius 2 is 1.92 bits per heavy atom. The minimum absolute atomic E-state index is 0.0443. The van der Waals surface area contributed by atoms with Gasteiger partial charge in [0.05, 0.1) is 19.2 Å². The number of aromatic nitrogens is 2. The lowest BCUT2D eigenvalue weighted by Crippen LogP contribution is -2.18. The lowest BCUT2D eigenvalue weighted by Gasteiger charge is -2.11. The Bertz CT molecular complexity index is 901. The number of aryl methyl sites for hydroxylation is 2. The van der Waals surface area contributed by atoms with E-state index in [4.69, 9.17) is 0 Å². The maximum atomic E-state index is 12.4. The molecule has 0 bridgehead atoms. The van der Waals surface area contributed by atoms with Crippen LogP contribution in [0.1, 0.15) is 22.3 Å². The Morgan fingerprint density at radius 3 is 2.68 bits per heavy atom. The van der Waals surface area contributed by atoms with Gasteiger partial charge < -0.3 is 5.32 Å². The first-order chi connectivity index (χ1) is 12.0. The minimum atomic E-state index is -0.0443. The van der Waals surface area contributed by atoms with Crippen molar-refractivity contribution >= 4 is 27.7 Å². The number of hydrogen-bond donors (Lipinski definition) is 1. The molecule has 0 fully saturated rings. The summed E-state index contributed by atoms with van der Waals surface area (Å²) < 4.78 is 2.82. The number of benzene rings is 2. The second-order valence-corrected chi connectivity index (χ2v) is 6.96.